The van der Waals surface area contributed by atoms with E-state index in [9.17, 15) is 67.4 Å². The van der Waals surface area contributed by atoms with Gasteiger partial charge in [0.15, 0.2) is 6.10 Å². The van der Waals surface area contributed by atoms with Crippen LogP contribution >= 0.6 is 0 Å². The highest BCUT2D eigenvalue weighted by molar-refractivity contribution is 6.38. The number of amides is 12. The molecule has 4 aliphatic heterocycles. The summed E-state index contributed by atoms with van der Waals surface area (Å²) in [6, 6.07) is 9.51. The van der Waals surface area contributed by atoms with E-state index < -0.39 is 143 Å². The largest absolute Gasteiger partial charge is 0.444 e. The first-order chi connectivity index (χ1) is 52.3. The summed E-state index contributed by atoms with van der Waals surface area (Å²) in [5, 5.41) is 33.2. The maximum Gasteiger partial charge on any atom is 0.408 e. The van der Waals surface area contributed by atoms with Gasteiger partial charge in [0.25, 0.3) is 11.8 Å². The lowest BCUT2D eigenvalue weighted by Gasteiger charge is -2.40. The quantitative estimate of drug-likeness (QED) is 0.0722. The third kappa shape index (κ3) is 24.2. The molecule has 2 aromatic carbocycles. The SMILES string of the molecule is CN(C)C(=O)[C@@H](NC(=O)CNC(=O)C(=O)[C@@H]1CCCCCCCCCC(C)(C)[C@H](NC(=O)OC(C)(C)C)C(=O)N2CC3[C@@H]([C@H]2C(=O)N1)C3(C)C)c1ccccc1.CN(C)C(=O)[C@@H](NC(=O)CNC(=O)C(O)[C@@H]1CCCCCCCCCC(C)(C)[C@H](NC(=O)OC(C)(C)C)C(=O)N2CC3[C@@H]([C@H]2C(=O)N1)C3(C)C)c1ccccc1. The van der Waals surface area contributed by atoms with Gasteiger partial charge in [0, 0.05) is 41.3 Å². The fourth-order valence-corrected chi connectivity index (χ4v) is 16.7. The number of aliphatic hydroxyl groups is 1. The molecule has 2 aromatic rings. The zero-order valence-corrected chi connectivity index (χ0v) is 69.7. The van der Waals surface area contributed by atoms with E-state index in [0.29, 0.717) is 56.3 Å². The molecule has 28 nitrogen and oxygen atoms in total. The predicted molar refractivity (Wildman–Crippen MR) is 422 cm³/mol. The van der Waals surface area contributed by atoms with Crippen molar-refractivity contribution in [3.63, 3.8) is 0 Å². The van der Waals surface area contributed by atoms with Gasteiger partial charge in [0.1, 0.15) is 47.5 Å². The third-order valence-electron chi connectivity index (χ3n) is 23.5. The van der Waals surface area contributed by atoms with Crippen LogP contribution in [-0.2, 0) is 62.2 Å². The lowest BCUT2D eigenvalue weighted by Crippen LogP contribution is -2.61. The van der Waals surface area contributed by atoms with Crippen LogP contribution in [0.3, 0.4) is 0 Å². The number of nitrogens with zero attached hydrogens (tertiary/aromatic N) is 4. The average Bonchev–Trinajstić information content (AvgIpc) is 1.53. The molecular formula is C84H130N12O16. The Balaban J connectivity index is 0.000000311. The molecule has 0 radical (unpaired) electrons. The van der Waals surface area contributed by atoms with Crippen molar-refractivity contribution in [1.29, 1.82) is 0 Å². The number of piperidine rings is 2. The molecule has 4 heterocycles. The van der Waals surface area contributed by atoms with Crippen LogP contribution in [0.15, 0.2) is 60.7 Å². The maximum atomic E-state index is 14.6. The van der Waals surface area contributed by atoms with E-state index in [0.717, 1.165) is 77.0 Å². The molecule has 8 rings (SSSR count). The summed E-state index contributed by atoms with van der Waals surface area (Å²) in [7, 11) is 6.30. The van der Waals surface area contributed by atoms with Crippen molar-refractivity contribution in [3.8, 4) is 0 Å². The molecule has 13 atom stereocenters. The number of Topliss-reactive ketones (excluding diaryl/α,β-unsaturated/α-hetero) is 1. The van der Waals surface area contributed by atoms with Crippen LogP contribution in [0.5, 0.6) is 0 Å². The first kappa shape index (κ1) is 90.5. The number of nitrogens with one attached hydrogen (secondary N) is 8. The highest BCUT2D eigenvalue weighted by Crippen LogP contribution is 2.66. The molecule has 6 fully saturated rings. The van der Waals surface area contributed by atoms with Gasteiger partial charge in [0.05, 0.1) is 25.2 Å². The highest BCUT2D eigenvalue weighted by atomic mass is 16.6. The van der Waals surface area contributed by atoms with Crippen molar-refractivity contribution >= 4 is 77.0 Å². The van der Waals surface area contributed by atoms with Crippen LogP contribution in [0.4, 0.5) is 9.59 Å². The summed E-state index contributed by atoms with van der Waals surface area (Å²) in [4.78, 5) is 183. The van der Waals surface area contributed by atoms with E-state index in [1.807, 2.05) is 27.7 Å². The molecule has 9 N–H and O–H groups in total. The van der Waals surface area contributed by atoms with Crippen LogP contribution in [-0.4, -0.2) is 210 Å². The Morgan fingerprint density at radius 3 is 1.25 bits per heavy atom. The molecule has 0 spiro atoms. The number of aliphatic hydroxyl groups excluding tert-OH is 1. The van der Waals surface area contributed by atoms with Gasteiger partial charge in [-0.15, -0.1) is 0 Å². The van der Waals surface area contributed by atoms with Crippen molar-refractivity contribution in [2.75, 3.05) is 54.4 Å². The van der Waals surface area contributed by atoms with Gasteiger partial charge in [0.2, 0.25) is 53.0 Å². The van der Waals surface area contributed by atoms with Crippen LogP contribution in [0.2, 0.25) is 0 Å². The number of rotatable bonds is 16. The molecule has 28 heteroatoms. The zero-order valence-electron chi connectivity index (χ0n) is 69.7. The monoisotopic (exact) mass is 1560 g/mol. The number of alkyl carbamates (subject to hydrolysis) is 2. The first-order valence-corrected chi connectivity index (χ1v) is 40.4. The zero-order chi connectivity index (χ0) is 83.2. The summed E-state index contributed by atoms with van der Waals surface area (Å²) in [5.41, 5.74) is -2.22. The standard InChI is InChI=1S/C42H66N6O8.C42H64N6O8/c2*1-40(2,3)56-39(55)46-34-38(54)48-25-27-30(42(27,6)7)32(48)35(51)44-28(22-18-13-11-10-12-14-19-23-41(34,4)5)33(50)36(52)43-24-29(49)45-31(37(53)47(8)9)26-20-16-15-17-21-26/h15-17,20-21,27-28,30-34,50H,10-14,18-19,22-25H2,1-9H3,(H,43,52)(H,44,51)(H,45,49)(H,46,55);15-17,20-21,27-28,30-32,34H,10-14,18-19,22-25H2,1-9H3,(H,43,52)(H,44,51)(H,45,49)(H,46,55)/t27?,28-,30-,31-,32-,33?,34+;27?,28-,30-,31-,32-,34+/m00/s1. The molecule has 12 amide bonds. The van der Waals surface area contributed by atoms with Crippen LogP contribution in [0.1, 0.15) is 236 Å². The average molecular weight is 1560 g/mol. The second kappa shape index (κ2) is 38.4. The fourth-order valence-electron chi connectivity index (χ4n) is 16.7. The summed E-state index contributed by atoms with van der Waals surface area (Å²) >= 11 is 0. The molecule has 4 saturated heterocycles. The molecule has 112 heavy (non-hydrogen) atoms. The Morgan fingerprint density at radius 2 is 0.866 bits per heavy atom. The van der Waals surface area contributed by atoms with E-state index in [4.69, 9.17) is 9.47 Å². The second-order valence-corrected chi connectivity index (χ2v) is 36.6. The van der Waals surface area contributed by atoms with Gasteiger partial charge in [-0.2, -0.15) is 0 Å². The van der Waals surface area contributed by atoms with Gasteiger partial charge < -0.3 is 76.7 Å². The minimum Gasteiger partial charge on any atom is -0.444 e. The van der Waals surface area contributed by atoms with Crippen molar-refractivity contribution in [2.24, 2.45) is 45.3 Å². The summed E-state index contributed by atoms with van der Waals surface area (Å²) in [6.45, 7) is 26.2. The molecule has 0 bridgehead atoms. The minimum absolute atomic E-state index is 0.0353. The molecule has 0 aromatic heterocycles. The van der Waals surface area contributed by atoms with E-state index in [1.165, 1.54) is 9.80 Å². The van der Waals surface area contributed by atoms with Crippen molar-refractivity contribution in [1.82, 2.24) is 62.1 Å². The molecule has 6 aliphatic rings. The van der Waals surface area contributed by atoms with Gasteiger partial charge >= 0.3 is 12.2 Å². The normalized spacial score (nSPS) is 26.2. The van der Waals surface area contributed by atoms with Crippen LogP contribution in [0.25, 0.3) is 0 Å². The topological polar surface area (TPSA) is 370 Å². The van der Waals surface area contributed by atoms with Crippen molar-refractivity contribution in [2.45, 2.75) is 278 Å². The summed E-state index contributed by atoms with van der Waals surface area (Å²) in [5.74, 6) is -6.83. The Hall–Kier alpha value is -8.69. The minimum atomic E-state index is -1.70. The number of carbonyl (C=O) groups excluding carboxylic acids is 13. The van der Waals surface area contributed by atoms with Crippen molar-refractivity contribution < 1.29 is 76.9 Å². The highest BCUT2D eigenvalue weighted by Gasteiger charge is 2.71. The number of hydrogen-bond acceptors (Lipinski definition) is 16. The smallest absolute Gasteiger partial charge is 0.408 e. The second-order valence-electron chi connectivity index (χ2n) is 36.6. The molecular weight excluding hydrogens is 1430 g/mol. The van der Waals surface area contributed by atoms with Gasteiger partial charge in [-0.05, 0) is 124 Å². The number of hydrogen-bond donors (Lipinski definition) is 9. The Kier molecular flexibility index (Phi) is 31.1. The van der Waals surface area contributed by atoms with Gasteiger partial charge in [-0.25, -0.2) is 9.59 Å². The number of carbonyl (C=O) groups is 13. The lowest BCUT2D eigenvalue weighted by atomic mass is 9.78. The van der Waals surface area contributed by atoms with E-state index in [2.05, 4.69) is 70.2 Å². The molecule has 2 aliphatic carbocycles. The number of likely N-dealkylation sites (N-methyl/N-ethyl adjacent to an activating group) is 2. The van der Waals surface area contributed by atoms with E-state index in [1.54, 1.807) is 140 Å². The van der Waals surface area contributed by atoms with Gasteiger partial charge in [-0.3, -0.25) is 52.7 Å². The first-order valence-electron chi connectivity index (χ1n) is 40.4. The van der Waals surface area contributed by atoms with E-state index >= 15 is 0 Å². The third-order valence-corrected chi connectivity index (χ3v) is 23.5. The van der Waals surface area contributed by atoms with Crippen LogP contribution < -0.4 is 42.5 Å². The number of fused-ring (bicyclic) bond motifs is 6. The number of benzene rings is 2. The summed E-state index contributed by atoms with van der Waals surface area (Å²) in [6.07, 6.45) is 11.0. The van der Waals surface area contributed by atoms with Crippen molar-refractivity contribution in [3.05, 3.63) is 71.8 Å². The Bertz CT molecular complexity index is 3660. The fraction of sp³-hybridized carbons (Fsp3) is 0.702. The summed E-state index contributed by atoms with van der Waals surface area (Å²) < 4.78 is 11.1. The number of ketones is 1. The predicted octanol–water partition coefficient (Wildman–Crippen LogP) is 7.85. The molecule has 622 valence electrons. The van der Waals surface area contributed by atoms with Crippen LogP contribution in [0, 0.1) is 45.3 Å². The lowest BCUT2D eigenvalue weighted by molar-refractivity contribution is -0.145. The maximum absolute atomic E-state index is 14.6. The molecule has 3 unspecified atom stereocenters. The Morgan fingerprint density at radius 1 is 0.509 bits per heavy atom. The van der Waals surface area contributed by atoms with Gasteiger partial charge in [-0.1, -0.05) is 206 Å². The Labute approximate surface area is 662 Å². The number of ether oxygens (including phenoxy) is 2. The van der Waals surface area contributed by atoms with E-state index in [-0.39, 0.29) is 64.6 Å². The molecule has 2 saturated carbocycles.